The smallest absolute Gasteiger partial charge is 0.227 e. The number of anilines is 2. The van der Waals surface area contributed by atoms with Crippen molar-refractivity contribution < 1.29 is 0 Å². The molecule has 0 bridgehead atoms. The SMILES string of the molecule is CCC(CCc1ccc(C)s1)Nc1nc(C)nc(N)n1. The van der Waals surface area contributed by atoms with E-state index in [1.807, 2.05) is 18.3 Å². The highest BCUT2D eigenvalue weighted by Crippen LogP contribution is 2.19. The number of hydrogen-bond donors (Lipinski definition) is 2. The molecule has 0 fully saturated rings. The Kier molecular flexibility index (Phi) is 4.89. The fraction of sp³-hybridized carbons (Fsp3) is 0.500. The van der Waals surface area contributed by atoms with Gasteiger partial charge in [-0.2, -0.15) is 15.0 Å². The van der Waals surface area contributed by atoms with E-state index in [9.17, 15) is 0 Å². The van der Waals surface area contributed by atoms with Gasteiger partial charge in [0.05, 0.1) is 0 Å². The summed E-state index contributed by atoms with van der Waals surface area (Å²) in [6, 6.07) is 4.72. The third-order valence-electron chi connectivity index (χ3n) is 3.13. The zero-order valence-corrected chi connectivity index (χ0v) is 13.0. The number of rotatable bonds is 6. The van der Waals surface area contributed by atoms with Crippen LogP contribution in [0.4, 0.5) is 11.9 Å². The first kappa shape index (κ1) is 14.7. The van der Waals surface area contributed by atoms with Crippen molar-refractivity contribution in [2.24, 2.45) is 0 Å². The Hall–Kier alpha value is -1.69. The van der Waals surface area contributed by atoms with Crippen molar-refractivity contribution in [1.29, 1.82) is 0 Å². The Labute approximate surface area is 123 Å². The van der Waals surface area contributed by atoms with Gasteiger partial charge in [-0.05, 0) is 45.2 Å². The Balaban J connectivity index is 1.94. The highest BCUT2D eigenvalue weighted by atomic mass is 32.1. The standard InChI is InChI=1S/C14H21N5S/c1-4-11(6-8-12-7-5-9(2)20-12)18-14-17-10(3)16-13(15)19-14/h5,7,11H,4,6,8H2,1-3H3,(H3,15,16,17,18,19). The molecule has 0 spiro atoms. The molecule has 20 heavy (non-hydrogen) atoms. The molecular formula is C14H21N5S. The maximum Gasteiger partial charge on any atom is 0.227 e. The zero-order valence-electron chi connectivity index (χ0n) is 12.2. The normalized spacial score (nSPS) is 12.3. The lowest BCUT2D eigenvalue weighted by Gasteiger charge is -2.16. The predicted molar refractivity (Wildman–Crippen MR) is 84.1 cm³/mol. The van der Waals surface area contributed by atoms with E-state index >= 15 is 0 Å². The molecule has 0 aliphatic heterocycles. The summed E-state index contributed by atoms with van der Waals surface area (Å²) >= 11 is 1.86. The van der Waals surface area contributed by atoms with Crippen molar-refractivity contribution >= 4 is 23.2 Å². The quantitative estimate of drug-likeness (QED) is 0.855. The van der Waals surface area contributed by atoms with Crippen LogP contribution in [0.2, 0.25) is 0 Å². The number of nitrogens with one attached hydrogen (secondary N) is 1. The summed E-state index contributed by atoms with van der Waals surface area (Å²) in [4.78, 5) is 15.2. The van der Waals surface area contributed by atoms with Crippen LogP contribution in [0.5, 0.6) is 0 Å². The van der Waals surface area contributed by atoms with E-state index in [1.165, 1.54) is 9.75 Å². The summed E-state index contributed by atoms with van der Waals surface area (Å²) < 4.78 is 0. The van der Waals surface area contributed by atoms with Crippen LogP contribution in [0.15, 0.2) is 12.1 Å². The van der Waals surface area contributed by atoms with Gasteiger partial charge in [-0.15, -0.1) is 11.3 Å². The zero-order chi connectivity index (χ0) is 14.5. The molecule has 3 N–H and O–H groups in total. The van der Waals surface area contributed by atoms with Gasteiger partial charge in [-0.25, -0.2) is 0 Å². The number of thiophene rings is 1. The monoisotopic (exact) mass is 291 g/mol. The molecule has 1 atom stereocenters. The van der Waals surface area contributed by atoms with E-state index in [-0.39, 0.29) is 5.95 Å². The molecule has 5 nitrogen and oxygen atoms in total. The van der Waals surface area contributed by atoms with E-state index in [4.69, 9.17) is 5.73 Å². The fourth-order valence-electron chi connectivity index (χ4n) is 2.06. The number of nitrogens with zero attached hydrogens (tertiary/aromatic N) is 3. The summed E-state index contributed by atoms with van der Waals surface area (Å²) in [6.45, 7) is 6.12. The van der Waals surface area contributed by atoms with Gasteiger partial charge in [0.1, 0.15) is 5.82 Å². The number of aromatic nitrogens is 3. The Morgan fingerprint density at radius 2 is 2.05 bits per heavy atom. The van der Waals surface area contributed by atoms with Crippen molar-refractivity contribution in [2.45, 2.75) is 46.1 Å². The minimum absolute atomic E-state index is 0.267. The van der Waals surface area contributed by atoms with Crippen molar-refractivity contribution in [2.75, 3.05) is 11.1 Å². The van der Waals surface area contributed by atoms with Crippen LogP contribution in [0.1, 0.15) is 35.3 Å². The van der Waals surface area contributed by atoms with Gasteiger partial charge in [-0.1, -0.05) is 6.92 Å². The molecule has 0 amide bonds. The molecule has 0 aliphatic rings. The summed E-state index contributed by atoms with van der Waals surface area (Å²) in [5.41, 5.74) is 5.64. The van der Waals surface area contributed by atoms with Crippen LogP contribution in [-0.4, -0.2) is 21.0 Å². The molecule has 0 saturated carbocycles. The van der Waals surface area contributed by atoms with Crippen LogP contribution in [-0.2, 0) is 6.42 Å². The van der Waals surface area contributed by atoms with Crippen molar-refractivity contribution in [3.8, 4) is 0 Å². The summed E-state index contributed by atoms with van der Waals surface area (Å²) in [6.07, 6.45) is 3.15. The van der Waals surface area contributed by atoms with Gasteiger partial charge in [0, 0.05) is 15.8 Å². The third kappa shape index (κ3) is 4.16. The lowest BCUT2D eigenvalue weighted by molar-refractivity contribution is 0.630. The molecular weight excluding hydrogens is 270 g/mol. The van der Waals surface area contributed by atoms with Crippen molar-refractivity contribution in [3.63, 3.8) is 0 Å². The second kappa shape index (κ2) is 6.65. The molecule has 0 aromatic carbocycles. The Morgan fingerprint density at radius 3 is 2.65 bits per heavy atom. The maximum absolute atomic E-state index is 5.64. The van der Waals surface area contributed by atoms with Crippen LogP contribution in [0, 0.1) is 13.8 Å². The molecule has 6 heteroatoms. The van der Waals surface area contributed by atoms with E-state index in [0.29, 0.717) is 17.8 Å². The number of hydrogen-bond acceptors (Lipinski definition) is 6. The van der Waals surface area contributed by atoms with E-state index < -0.39 is 0 Å². The molecule has 2 heterocycles. The number of aryl methyl sites for hydroxylation is 3. The van der Waals surface area contributed by atoms with Crippen molar-refractivity contribution in [3.05, 3.63) is 27.7 Å². The molecule has 2 aromatic rings. The summed E-state index contributed by atoms with van der Waals surface area (Å²) in [5.74, 6) is 1.48. The van der Waals surface area contributed by atoms with Gasteiger partial charge < -0.3 is 11.1 Å². The van der Waals surface area contributed by atoms with Crippen molar-refractivity contribution in [1.82, 2.24) is 15.0 Å². The van der Waals surface area contributed by atoms with Crippen LogP contribution >= 0.6 is 11.3 Å². The molecule has 2 rings (SSSR count). The predicted octanol–water partition coefficient (Wildman–Crippen LogP) is 2.96. The highest BCUT2D eigenvalue weighted by molar-refractivity contribution is 7.11. The Morgan fingerprint density at radius 1 is 1.25 bits per heavy atom. The van der Waals surface area contributed by atoms with Gasteiger partial charge >= 0.3 is 0 Å². The molecule has 1 unspecified atom stereocenters. The topological polar surface area (TPSA) is 76.7 Å². The van der Waals surface area contributed by atoms with Gasteiger partial charge in [0.25, 0.3) is 0 Å². The molecule has 0 aliphatic carbocycles. The van der Waals surface area contributed by atoms with Crippen LogP contribution in [0.25, 0.3) is 0 Å². The fourth-order valence-corrected chi connectivity index (χ4v) is 2.97. The van der Waals surface area contributed by atoms with Crippen LogP contribution < -0.4 is 11.1 Å². The van der Waals surface area contributed by atoms with E-state index in [0.717, 1.165) is 19.3 Å². The lowest BCUT2D eigenvalue weighted by Crippen LogP contribution is -2.21. The maximum atomic E-state index is 5.64. The third-order valence-corrected chi connectivity index (χ3v) is 4.19. The van der Waals surface area contributed by atoms with Gasteiger partial charge in [-0.3, -0.25) is 0 Å². The number of nitrogens with two attached hydrogens (primary N) is 1. The second-order valence-electron chi connectivity index (χ2n) is 4.86. The minimum Gasteiger partial charge on any atom is -0.368 e. The molecule has 2 aromatic heterocycles. The first-order valence-corrected chi connectivity index (χ1v) is 7.68. The highest BCUT2D eigenvalue weighted by Gasteiger charge is 2.10. The summed E-state index contributed by atoms with van der Waals surface area (Å²) in [5, 5.41) is 3.35. The first-order valence-electron chi connectivity index (χ1n) is 6.87. The van der Waals surface area contributed by atoms with Gasteiger partial charge in [0.15, 0.2) is 0 Å². The lowest BCUT2D eigenvalue weighted by atomic mass is 10.1. The molecule has 108 valence electrons. The molecule has 0 radical (unpaired) electrons. The van der Waals surface area contributed by atoms with Crippen LogP contribution in [0.3, 0.4) is 0 Å². The summed E-state index contributed by atoms with van der Waals surface area (Å²) in [7, 11) is 0. The number of nitrogen functional groups attached to an aromatic ring is 1. The van der Waals surface area contributed by atoms with E-state index in [2.05, 4.69) is 46.2 Å². The minimum atomic E-state index is 0.267. The second-order valence-corrected chi connectivity index (χ2v) is 6.24. The average Bonchev–Trinajstić information content (AvgIpc) is 2.79. The Bertz CT molecular complexity index is 546. The van der Waals surface area contributed by atoms with Gasteiger partial charge in [0.2, 0.25) is 11.9 Å². The average molecular weight is 291 g/mol. The van der Waals surface area contributed by atoms with E-state index in [1.54, 1.807) is 0 Å². The first-order chi connectivity index (χ1) is 9.56. The largest absolute Gasteiger partial charge is 0.368 e. The molecule has 0 saturated heterocycles.